The van der Waals surface area contributed by atoms with Crippen LogP contribution in [-0.4, -0.2) is 109 Å². The molecule has 1 amide bonds. The van der Waals surface area contributed by atoms with Gasteiger partial charge in [0.1, 0.15) is 24.1 Å². The topological polar surface area (TPSA) is 211 Å². The molecule has 6 aliphatic rings. The minimum Gasteiger partial charge on any atom is -0.489 e. The molecule has 5 aromatic rings. The SMILES string of the molecule is CC(C)c1ccccc1[C@@H]1CCC[C@@H]1N1CC2(CCN(c3ccc(C(=O)NS(=O)(=O)c4cc5c(c([N+](=O)[O-])c4)N[C@@H]([C@H]4CC[C@](C)(O)CC4)CO5)c(Oc4cc5cc[nH]c5nc4OC4COC4)c3)CC2)C1. The van der Waals surface area contributed by atoms with Gasteiger partial charge in [-0.15, -0.1) is 0 Å². The number of likely N-dealkylation sites (tertiary alicyclic amines) is 1. The molecule has 3 saturated heterocycles. The number of nitrogens with one attached hydrogen (secondary N) is 3. The molecular formula is C53H63N7O10S. The quantitative estimate of drug-likeness (QED) is 0.0643. The van der Waals surface area contributed by atoms with E-state index in [-0.39, 0.29) is 64.5 Å². The summed E-state index contributed by atoms with van der Waals surface area (Å²) < 4.78 is 54.6. The largest absolute Gasteiger partial charge is 0.489 e. The molecule has 4 aliphatic heterocycles. The minimum atomic E-state index is -4.72. The highest BCUT2D eigenvalue weighted by molar-refractivity contribution is 7.90. The van der Waals surface area contributed by atoms with Crippen molar-refractivity contribution < 1.29 is 42.2 Å². The fourth-order valence-corrected chi connectivity index (χ4v) is 13.1. The number of hydrogen-bond donors (Lipinski definition) is 4. The Morgan fingerprint density at radius 3 is 2.48 bits per heavy atom. The molecule has 1 spiro atoms. The molecule has 0 unspecified atom stereocenters. The van der Waals surface area contributed by atoms with Gasteiger partial charge in [-0.1, -0.05) is 44.5 Å². The Hall–Kier alpha value is -5.95. The molecule has 2 saturated carbocycles. The van der Waals surface area contributed by atoms with Crippen LogP contribution >= 0.6 is 0 Å². The van der Waals surface area contributed by atoms with E-state index in [1.165, 1.54) is 36.5 Å². The lowest BCUT2D eigenvalue weighted by molar-refractivity contribution is -0.384. The molecule has 0 radical (unpaired) electrons. The molecule has 0 bridgehead atoms. The highest BCUT2D eigenvalue weighted by Crippen LogP contribution is 2.50. The number of benzene rings is 3. The lowest BCUT2D eigenvalue weighted by Gasteiger charge is -2.57. The number of ether oxygens (including phenoxy) is 4. The Balaban J connectivity index is 0.837. The van der Waals surface area contributed by atoms with E-state index < -0.39 is 37.0 Å². The predicted molar refractivity (Wildman–Crippen MR) is 267 cm³/mol. The first-order chi connectivity index (χ1) is 34.1. The molecule has 71 heavy (non-hydrogen) atoms. The second kappa shape index (κ2) is 18.6. The minimum absolute atomic E-state index is 0.00967. The molecule has 2 aliphatic carbocycles. The van der Waals surface area contributed by atoms with E-state index in [2.05, 4.69) is 67.9 Å². The van der Waals surface area contributed by atoms with Crippen LogP contribution in [0.25, 0.3) is 11.0 Å². The summed E-state index contributed by atoms with van der Waals surface area (Å²) in [5.41, 5.74) is 3.33. The lowest BCUT2D eigenvalue weighted by atomic mass is 9.70. The van der Waals surface area contributed by atoms with Crippen LogP contribution < -0.4 is 29.1 Å². The third-order valence-electron chi connectivity index (χ3n) is 16.2. The van der Waals surface area contributed by atoms with E-state index in [0.29, 0.717) is 62.4 Å². The van der Waals surface area contributed by atoms with Gasteiger partial charge in [-0.3, -0.25) is 19.8 Å². The van der Waals surface area contributed by atoms with Crippen molar-refractivity contribution in [3.8, 4) is 23.1 Å². The number of carbonyl (C=O) groups excluding carboxylic acids is 1. The zero-order valence-electron chi connectivity index (χ0n) is 40.5. The fourth-order valence-electron chi connectivity index (χ4n) is 12.1. The van der Waals surface area contributed by atoms with Gasteiger partial charge in [-0.2, -0.15) is 4.98 Å². The van der Waals surface area contributed by atoms with Crippen molar-refractivity contribution >= 4 is 44.0 Å². The Kier molecular flexibility index (Phi) is 12.4. The predicted octanol–water partition coefficient (Wildman–Crippen LogP) is 8.64. The van der Waals surface area contributed by atoms with Crippen LogP contribution in [0.1, 0.15) is 112 Å². The molecule has 11 rings (SSSR count). The summed E-state index contributed by atoms with van der Waals surface area (Å²) >= 11 is 0. The highest BCUT2D eigenvalue weighted by Gasteiger charge is 2.49. The van der Waals surface area contributed by atoms with Gasteiger partial charge >= 0.3 is 0 Å². The van der Waals surface area contributed by atoms with Gasteiger partial charge in [0, 0.05) is 67.7 Å². The summed E-state index contributed by atoms with van der Waals surface area (Å²) in [5.74, 6) is 0.599. The standard InChI is InChI=1S/C53H63N7O10S/c1-32(2)38-7-4-5-8-39(38)40-9-6-10-43(40)59-30-53(31-59)18-21-58(22-19-53)35-11-12-41(45(24-35)70-47-23-34-15-20-54-49(34)56-51(47)69-36-27-67-28-36)50(61)57-71(65,66)37-25-44(60(63)64)48-46(26-37)68-29-42(55-48)33-13-16-52(3,62)17-14-33/h4-5,7-8,11-12,15,20,23-26,32-33,36,40,42-43,55,62H,6,9-10,13-14,16-19,21-22,27-31H2,1-3H3,(H,54,56)(H,57,61)/t33-,40-,42+,43-,52-/m0/s1. The molecule has 4 N–H and O–H groups in total. The van der Waals surface area contributed by atoms with E-state index in [0.717, 1.165) is 56.2 Å². The number of carbonyl (C=O) groups is 1. The highest BCUT2D eigenvalue weighted by atomic mass is 32.2. The number of nitro groups is 1. The molecule has 3 atom stereocenters. The number of aliphatic hydroxyl groups is 1. The molecular weight excluding hydrogens is 927 g/mol. The smallest absolute Gasteiger partial charge is 0.297 e. The Morgan fingerprint density at radius 1 is 0.972 bits per heavy atom. The third-order valence-corrected chi connectivity index (χ3v) is 17.5. The average Bonchev–Trinajstić information content (AvgIpc) is 4.01. The number of rotatable bonds is 13. The number of H-pyrrole nitrogens is 1. The number of hydrogen-bond acceptors (Lipinski definition) is 14. The van der Waals surface area contributed by atoms with Gasteiger partial charge < -0.3 is 39.3 Å². The lowest BCUT2D eigenvalue weighted by Crippen LogP contribution is -2.63. The number of nitro benzene ring substituents is 1. The maximum Gasteiger partial charge on any atom is 0.297 e. The van der Waals surface area contributed by atoms with Gasteiger partial charge in [-0.05, 0) is 117 Å². The number of nitrogens with zero attached hydrogens (tertiary/aromatic N) is 4. The van der Waals surface area contributed by atoms with E-state index in [1.54, 1.807) is 37.4 Å². The zero-order chi connectivity index (χ0) is 49.2. The van der Waals surface area contributed by atoms with Crippen LogP contribution in [0, 0.1) is 21.4 Å². The van der Waals surface area contributed by atoms with Gasteiger partial charge in [-0.25, -0.2) is 13.1 Å². The van der Waals surface area contributed by atoms with E-state index >= 15 is 0 Å². The molecule has 2 aromatic heterocycles. The third kappa shape index (κ3) is 9.39. The van der Waals surface area contributed by atoms with E-state index in [1.807, 2.05) is 6.07 Å². The number of aromatic amines is 1. The number of fused-ring (bicyclic) bond motifs is 2. The van der Waals surface area contributed by atoms with Crippen molar-refractivity contribution in [2.24, 2.45) is 11.3 Å². The normalized spacial score (nSPS) is 25.5. The van der Waals surface area contributed by atoms with Crippen molar-refractivity contribution in [2.75, 3.05) is 56.2 Å². The second-order valence-electron chi connectivity index (χ2n) is 21.5. The summed E-state index contributed by atoms with van der Waals surface area (Å²) in [6.07, 6.45) is 9.80. The molecule has 17 nitrogen and oxygen atoms in total. The number of pyridine rings is 1. The monoisotopic (exact) mass is 989 g/mol. The van der Waals surface area contributed by atoms with Gasteiger partial charge in [0.05, 0.1) is 40.2 Å². The van der Waals surface area contributed by atoms with Crippen molar-refractivity contribution in [1.82, 2.24) is 19.6 Å². The van der Waals surface area contributed by atoms with Crippen LogP contribution in [0.5, 0.6) is 23.1 Å². The number of anilines is 2. The molecule has 5 fully saturated rings. The summed E-state index contributed by atoms with van der Waals surface area (Å²) in [5, 5.41) is 26.9. The summed E-state index contributed by atoms with van der Waals surface area (Å²) in [7, 11) is -4.72. The first-order valence-corrected chi connectivity index (χ1v) is 26.7. The van der Waals surface area contributed by atoms with E-state index in [4.69, 9.17) is 18.9 Å². The van der Waals surface area contributed by atoms with Crippen molar-refractivity contribution in [2.45, 2.75) is 119 Å². The van der Waals surface area contributed by atoms with Crippen LogP contribution in [0.15, 0.2) is 77.8 Å². The number of amides is 1. The first-order valence-electron chi connectivity index (χ1n) is 25.2. The Morgan fingerprint density at radius 2 is 1.75 bits per heavy atom. The van der Waals surface area contributed by atoms with Crippen molar-refractivity contribution in [3.05, 3.63) is 99.7 Å². The number of aromatic nitrogens is 2. The molecule has 18 heteroatoms. The van der Waals surface area contributed by atoms with Crippen LogP contribution in [0.4, 0.5) is 17.1 Å². The van der Waals surface area contributed by atoms with Gasteiger partial charge in [0.25, 0.3) is 27.5 Å². The Labute approximate surface area is 413 Å². The summed E-state index contributed by atoms with van der Waals surface area (Å²) in [6, 6.07) is 20.1. The van der Waals surface area contributed by atoms with Crippen molar-refractivity contribution in [1.29, 1.82) is 0 Å². The summed E-state index contributed by atoms with van der Waals surface area (Å²) in [4.78, 5) is 38.5. The average molecular weight is 990 g/mol. The van der Waals surface area contributed by atoms with Gasteiger partial charge in [0.2, 0.25) is 0 Å². The van der Waals surface area contributed by atoms with Crippen LogP contribution in [0.3, 0.4) is 0 Å². The zero-order valence-corrected chi connectivity index (χ0v) is 41.3. The Bertz CT molecular complexity index is 2950. The fraction of sp³-hybridized carbons (Fsp3) is 0.509. The molecule has 376 valence electrons. The number of piperidine rings is 1. The van der Waals surface area contributed by atoms with E-state index in [9.17, 15) is 28.4 Å². The van der Waals surface area contributed by atoms with Crippen molar-refractivity contribution in [3.63, 3.8) is 0 Å². The number of sulfonamides is 1. The second-order valence-corrected chi connectivity index (χ2v) is 23.1. The van der Waals surface area contributed by atoms with Crippen LogP contribution in [0.2, 0.25) is 0 Å². The molecule has 6 heterocycles. The van der Waals surface area contributed by atoms with Gasteiger partial charge in [0.15, 0.2) is 17.2 Å². The molecule has 3 aromatic carbocycles. The summed E-state index contributed by atoms with van der Waals surface area (Å²) in [6.45, 7) is 11.0. The van der Waals surface area contributed by atoms with Crippen LogP contribution in [-0.2, 0) is 14.8 Å². The maximum absolute atomic E-state index is 14.4. The first kappa shape index (κ1) is 47.4. The maximum atomic E-state index is 14.4.